The van der Waals surface area contributed by atoms with E-state index in [2.05, 4.69) is 19.8 Å². The van der Waals surface area contributed by atoms with Crippen LogP contribution < -0.4 is 4.90 Å². The summed E-state index contributed by atoms with van der Waals surface area (Å²) < 4.78 is 31.6. The fourth-order valence-electron chi connectivity index (χ4n) is 5.80. The summed E-state index contributed by atoms with van der Waals surface area (Å²) in [7, 11) is -1.73. The molecule has 5 heterocycles. The smallest absolute Gasteiger partial charge is 0.254 e. The van der Waals surface area contributed by atoms with E-state index in [-0.39, 0.29) is 12.1 Å². The van der Waals surface area contributed by atoms with Crippen molar-refractivity contribution in [1.82, 2.24) is 23.7 Å². The third-order valence-electron chi connectivity index (χ3n) is 7.52. The highest BCUT2D eigenvalue weighted by molar-refractivity contribution is 7.91. The summed E-state index contributed by atoms with van der Waals surface area (Å²) in [6, 6.07) is 8.12. The van der Waals surface area contributed by atoms with E-state index in [9.17, 15) is 13.5 Å². The molecule has 9 nitrogen and oxygen atoms in total. The summed E-state index contributed by atoms with van der Waals surface area (Å²) in [5.74, 6) is 0. The van der Waals surface area contributed by atoms with Crippen LogP contribution >= 0.6 is 11.3 Å². The molecule has 1 N–H and O–H groups in total. The fourth-order valence-corrected chi connectivity index (χ4v) is 8.76. The van der Waals surface area contributed by atoms with E-state index in [4.69, 9.17) is 0 Å². The molecule has 3 fully saturated rings. The molecule has 0 bridgehead atoms. The van der Waals surface area contributed by atoms with Gasteiger partial charge in [-0.15, -0.1) is 0 Å². The standard InChI is InChI=1S/C24H30N6O3S2/c1-27-16-25-12-22(27)20-6-3-2-5-19(20)21-7-4-8-30(21)35(32,33)23-13-26-24(34-23)29-10-9-28-15-18(31)11-17(28)14-29/h2-3,5-6,12-13,16-18,21,31H,4,7-11,14-15H2,1H3/t17-,18-,21-/m1/s1. The Morgan fingerprint density at radius 1 is 1.11 bits per heavy atom. The number of sulfonamides is 1. The van der Waals surface area contributed by atoms with Gasteiger partial charge >= 0.3 is 0 Å². The SMILES string of the molecule is Cn1cncc1-c1ccccc1[C@H]1CCCN1S(=O)(=O)c1cnc(N2CCN3C[C@H](O)C[C@@H]3C2)s1. The van der Waals surface area contributed by atoms with Crippen molar-refractivity contribution < 1.29 is 13.5 Å². The first-order chi connectivity index (χ1) is 16.9. The highest BCUT2D eigenvalue weighted by atomic mass is 32.2. The van der Waals surface area contributed by atoms with Crippen LogP contribution in [0.15, 0.2) is 47.2 Å². The van der Waals surface area contributed by atoms with Crippen molar-refractivity contribution in [2.45, 2.75) is 41.7 Å². The third kappa shape index (κ3) is 4.09. The van der Waals surface area contributed by atoms with Gasteiger partial charge in [0.2, 0.25) is 0 Å². The topological polar surface area (TPSA) is 94.8 Å². The Morgan fingerprint density at radius 2 is 1.97 bits per heavy atom. The molecule has 0 spiro atoms. The number of fused-ring (bicyclic) bond motifs is 1. The number of aromatic nitrogens is 3. The van der Waals surface area contributed by atoms with E-state index >= 15 is 0 Å². The molecule has 186 valence electrons. The Bertz CT molecular complexity index is 1320. The molecule has 6 rings (SSSR count). The van der Waals surface area contributed by atoms with Gasteiger partial charge in [-0.25, -0.2) is 18.4 Å². The number of anilines is 1. The van der Waals surface area contributed by atoms with Crippen LogP contribution in [0.5, 0.6) is 0 Å². The summed E-state index contributed by atoms with van der Waals surface area (Å²) in [5, 5.41) is 10.7. The highest BCUT2D eigenvalue weighted by Gasteiger charge is 2.40. The molecule has 3 aliphatic heterocycles. The lowest BCUT2D eigenvalue weighted by atomic mass is 9.97. The zero-order valence-corrected chi connectivity index (χ0v) is 21.3. The van der Waals surface area contributed by atoms with Crippen molar-refractivity contribution in [3.05, 3.63) is 48.5 Å². The lowest BCUT2D eigenvalue weighted by molar-refractivity contribution is 0.173. The molecule has 3 aliphatic rings. The molecular weight excluding hydrogens is 484 g/mol. The predicted octanol–water partition coefficient (Wildman–Crippen LogP) is 2.32. The minimum Gasteiger partial charge on any atom is -0.392 e. The van der Waals surface area contributed by atoms with Crippen molar-refractivity contribution >= 4 is 26.5 Å². The van der Waals surface area contributed by atoms with Gasteiger partial charge < -0.3 is 14.6 Å². The highest BCUT2D eigenvalue weighted by Crippen LogP contribution is 2.42. The maximum Gasteiger partial charge on any atom is 0.254 e. The summed E-state index contributed by atoms with van der Waals surface area (Å²) >= 11 is 1.26. The summed E-state index contributed by atoms with van der Waals surface area (Å²) in [6.45, 7) is 3.66. The van der Waals surface area contributed by atoms with Gasteiger partial charge in [-0.2, -0.15) is 4.31 Å². The Kier molecular flexibility index (Phi) is 5.92. The van der Waals surface area contributed by atoms with Gasteiger partial charge in [-0.1, -0.05) is 35.6 Å². The molecule has 0 unspecified atom stereocenters. The van der Waals surface area contributed by atoms with Gasteiger partial charge in [0.05, 0.1) is 36.6 Å². The summed E-state index contributed by atoms with van der Waals surface area (Å²) in [6.07, 6.45) is 7.21. The van der Waals surface area contributed by atoms with Gasteiger partial charge in [0.15, 0.2) is 9.34 Å². The molecule has 11 heteroatoms. The molecule has 0 aliphatic carbocycles. The zero-order chi connectivity index (χ0) is 24.2. The molecule has 1 aromatic carbocycles. The molecule has 2 aromatic heterocycles. The van der Waals surface area contributed by atoms with Gasteiger partial charge in [0, 0.05) is 51.4 Å². The first kappa shape index (κ1) is 23.1. The Morgan fingerprint density at radius 3 is 2.80 bits per heavy atom. The minimum atomic E-state index is -3.69. The summed E-state index contributed by atoms with van der Waals surface area (Å²) in [5.41, 5.74) is 3.00. The second-order valence-electron chi connectivity index (χ2n) is 9.70. The predicted molar refractivity (Wildman–Crippen MR) is 135 cm³/mol. The van der Waals surface area contributed by atoms with Crippen molar-refractivity contribution in [2.24, 2.45) is 7.05 Å². The number of benzene rings is 1. The molecule has 3 atom stereocenters. The molecule has 0 saturated carbocycles. The van der Waals surface area contributed by atoms with E-state index in [0.29, 0.717) is 16.8 Å². The van der Waals surface area contributed by atoms with E-state index in [1.807, 2.05) is 42.1 Å². The Hall–Kier alpha value is -2.31. The van der Waals surface area contributed by atoms with Crippen molar-refractivity contribution in [2.75, 3.05) is 37.6 Å². The second kappa shape index (κ2) is 8.97. The van der Waals surface area contributed by atoms with Crippen LogP contribution in [0.4, 0.5) is 5.13 Å². The molecule has 3 saturated heterocycles. The number of hydrogen-bond donors (Lipinski definition) is 1. The largest absolute Gasteiger partial charge is 0.392 e. The molecule has 0 radical (unpaired) electrons. The summed E-state index contributed by atoms with van der Waals surface area (Å²) in [4.78, 5) is 13.3. The Balaban J connectivity index is 1.27. The van der Waals surface area contributed by atoms with E-state index in [1.165, 1.54) is 17.5 Å². The first-order valence-corrected chi connectivity index (χ1v) is 14.4. The lowest BCUT2D eigenvalue weighted by Crippen LogP contribution is -2.50. The molecule has 3 aromatic rings. The first-order valence-electron chi connectivity index (χ1n) is 12.1. The van der Waals surface area contributed by atoms with Crippen LogP contribution in [0.25, 0.3) is 11.3 Å². The number of aliphatic hydroxyl groups is 1. The van der Waals surface area contributed by atoms with Gasteiger partial charge in [-0.05, 0) is 24.8 Å². The number of piperazine rings is 1. The van der Waals surface area contributed by atoms with Crippen molar-refractivity contribution in [3.63, 3.8) is 0 Å². The van der Waals surface area contributed by atoms with Crippen LogP contribution in [0.2, 0.25) is 0 Å². The number of aryl methyl sites for hydroxylation is 1. The van der Waals surface area contributed by atoms with E-state index in [0.717, 1.165) is 67.4 Å². The van der Waals surface area contributed by atoms with Gasteiger partial charge in [0.1, 0.15) is 0 Å². The average molecular weight is 515 g/mol. The molecule has 35 heavy (non-hydrogen) atoms. The number of imidazole rings is 1. The number of aliphatic hydroxyl groups excluding tert-OH is 1. The number of rotatable bonds is 5. The van der Waals surface area contributed by atoms with Crippen LogP contribution in [0, 0.1) is 0 Å². The third-order valence-corrected chi connectivity index (χ3v) is 10.9. The number of thiazole rings is 1. The van der Waals surface area contributed by atoms with E-state index < -0.39 is 10.0 Å². The van der Waals surface area contributed by atoms with Crippen LogP contribution in [-0.4, -0.2) is 82.1 Å². The fraction of sp³-hybridized carbons (Fsp3) is 0.500. The maximum atomic E-state index is 13.8. The zero-order valence-electron chi connectivity index (χ0n) is 19.7. The number of nitrogens with zero attached hydrogens (tertiary/aromatic N) is 6. The molecule has 0 amide bonds. The van der Waals surface area contributed by atoms with Crippen molar-refractivity contribution in [3.8, 4) is 11.3 Å². The van der Waals surface area contributed by atoms with Gasteiger partial charge in [-0.3, -0.25) is 4.90 Å². The van der Waals surface area contributed by atoms with Crippen LogP contribution in [0.3, 0.4) is 0 Å². The van der Waals surface area contributed by atoms with Crippen LogP contribution in [0.1, 0.15) is 30.9 Å². The number of hydrogen-bond acceptors (Lipinski definition) is 8. The van der Waals surface area contributed by atoms with Gasteiger partial charge in [0.25, 0.3) is 10.0 Å². The second-order valence-corrected chi connectivity index (χ2v) is 12.8. The quantitative estimate of drug-likeness (QED) is 0.558. The normalized spacial score (nSPS) is 25.9. The monoisotopic (exact) mass is 514 g/mol. The van der Waals surface area contributed by atoms with E-state index in [1.54, 1.807) is 10.6 Å². The average Bonchev–Trinajstić information content (AvgIpc) is 3.64. The minimum absolute atomic E-state index is 0.222. The maximum absolute atomic E-state index is 13.8. The Labute approximate surface area is 209 Å². The lowest BCUT2D eigenvalue weighted by Gasteiger charge is -2.37. The van der Waals surface area contributed by atoms with Crippen LogP contribution in [-0.2, 0) is 17.1 Å². The molecular formula is C24H30N6O3S2. The van der Waals surface area contributed by atoms with Crippen molar-refractivity contribution in [1.29, 1.82) is 0 Å².